The minimum Gasteiger partial charge on any atom is -0.460 e. The maximum absolute atomic E-state index is 13.4. The first-order chi connectivity index (χ1) is 41.1. The summed E-state index contributed by atoms with van der Waals surface area (Å²) >= 11 is 6.80. The lowest BCUT2D eigenvalue weighted by atomic mass is 9.71. The van der Waals surface area contributed by atoms with Gasteiger partial charge in [0.05, 0.1) is 29.3 Å². The Balaban J connectivity index is 0.000000319. The third-order valence-corrected chi connectivity index (χ3v) is 26.9. The third-order valence-electron chi connectivity index (χ3n) is 16.3. The zero-order chi connectivity index (χ0) is 65.7. The average molecular weight is 1370 g/mol. The maximum Gasteiger partial charge on any atom is 0.307 e. The SMILES string of the molecule is CC(C)CC1CC(C#CC(=O)C(CCO[Si](c2ccccc2)(c2ccccc2)C(C)(C)C)CC(=O)OC(C)(C)C)C1.CC(C)CC1CC(C=C(Br)Br)C1.CON(C)C(=O)C(CCO[Si](c1ccccc1)(c1ccccc1)C(C)(C)C)CC(=O)OC(C)(C)C. The number of nitrogens with zero attached hydrogens (tertiary/aromatic N) is 1. The molecule has 2 aliphatic rings. The van der Waals surface area contributed by atoms with Crippen molar-refractivity contribution in [2.75, 3.05) is 27.4 Å². The average Bonchev–Trinajstić information content (AvgIpc) is 0.772. The van der Waals surface area contributed by atoms with Gasteiger partial charge in [-0.2, -0.15) is 0 Å². The highest BCUT2D eigenvalue weighted by molar-refractivity contribution is 9.28. The molecular weight excluding hydrogens is 1260 g/mol. The number of halogens is 2. The van der Waals surface area contributed by atoms with Gasteiger partial charge < -0.3 is 18.3 Å². The zero-order valence-corrected chi connectivity index (χ0v) is 61.8. The van der Waals surface area contributed by atoms with Gasteiger partial charge in [-0.3, -0.25) is 24.0 Å². The minimum absolute atomic E-state index is 0.00946. The topological polar surface area (TPSA) is 118 Å². The van der Waals surface area contributed by atoms with E-state index in [1.54, 1.807) is 7.05 Å². The molecule has 1 amide bonds. The van der Waals surface area contributed by atoms with E-state index < -0.39 is 45.6 Å². The van der Waals surface area contributed by atoms with Crippen molar-refractivity contribution in [3.05, 3.63) is 131 Å². The first-order valence-corrected chi connectivity index (χ1v) is 37.3. The van der Waals surface area contributed by atoms with Crippen molar-refractivity contribution in [2.24, 2.45) is 47.3 Å². The Morgan fingerprint density at radius 2 is 0.898 bits per heavy atom. The quantitative estimate of drug-likeness (QED) is 0.0222. The number of rotatable bonds is 24. The molecule has 0 spiro atoms. The number of ketones is 1. The van der Waals surface area contributed by atoms with Crippen LogP contribution in [0.25, 0.3) is 0 Å². The lowest BCUT2D eigenvalue weighted by Gasteiger charge is -2.43. The van der Waals surface area contributed by atoms with Crippen LogP contribution in [0.15, 0.2) is 131 Å². The van der Waals surface area contributed by atoms with Crippen molar-refractivity contribution in [2.45, 2.75) is 196 Å². The highest BCUT2D eigenvalue weighted by Gasteiger charge is 2.51. The molecule has 6 rings (SSSR count). The number of hydroxylamine groups is 2. The molecule has 4 aromatic rings. The van der Waals surface area contributed by atoms with Gasteiger partial charge in [-0.25, -0.2) is 5.06 Å². The summed E-state index contributed by atoms with van der Waals surface area (Å²) in [6, 6.07) is 41.6. The van der Waals surface area contributed by atoms with E-state index in [2.05, 4.69) is 192 Å². The minimum atomic E-state index is -2.75. The Kier molecular flexibility index (Phi) is 30.1. The van der Waals surface area contributed by atoms with Crippen LogP contribution >= 0.6 is 31.9 Å². The number of amides is 1. The van der Waals surface area contributed by atoms with Crippen LogP contribution in [0.3, 0.4) is 0 Å². The van der Waals surface area contributed by atoms with Gasteiger partial charge in [-0.05, 0) is 191 Å². The molecule has 0 radical (unpaired) electrons. The van der Waals surface area contributed by atoms with E-state index in [4.69, 9.17) is 23.2 Å². The first-order valence-electron chi connectivity index (χ1n) is 31.9. The molecule has 14 heteroatoms. The Labute approximate surface area is 550 Å². The molecule has 2 saturated carbocycles. The molecule has 2 unspecified atom stereocenters. The Bertz CT molecular complexity index is 2770. The second-order valence-corrected chi connectivity index (χ2v) is 40.5. The smallest absolute Gasteiger partial charge is 0.307 e. The van der Waals surface area contributed by atoms with Crippen LogP contribution in [0.5, 0.6) is 0 Å². The summed E-state index contributed by atoms with van der Waals surface area (Å²) in [6.07, 6.45) is 10.6. The third kappa shape index (κ3) is 24.0. The number of ether oxygens (including phenoxy) is 2. The molecule has 4 aromatic carbocycles. The molecule has 2 aliphatic carbocycles. The summed E-state index contributed by atoms with van der Waals surface area (Å²) in [6.45, 7) is 34.1. The molecule has 2 atom stereocenters. The van der Waals surface area contributed by atoms with Crippen LogP contribution in [-0.4, -0.2) is 83.9 Å². The lowest BCUT2D eigenvalue weighted by molar-refractivity contribution is -0.177. The molecule has 0 N–H and O–H groups in total. The molecule has 0 aliphatic heterocycles. The number of benzene rings is 4. The number of hydrogen-bond acceptors (Lipinski definition) is 9. The van der Waals surface area contributed by atoms with E-state index in [-0.39, 0.29) is 46.5 Å². The van der Waals surface area contributed by atoms with E-state index in [0.29, 0.717) is 37.9 Å². The van der Waals surface area contributed by atoms with Crippen LogP contribution in [-0.2, 0) is 42.3 Å². The fourth-order valence-corrected chi connectivity index (χ4v) is 22.2. The number of Topliss-reactive ketones (excluding diaryl/α,β-unsaturated/α-hetero) is 1. The van der Waals surface area contributed by atoms with Gasteiger partial charge in [-0.1, -0.05) is 203 Å². The normalized spacial score (nSPS) is 17.6. The van der Waals surface area contributed by atoms with Crippen molar-refractivity contribution >= 4 is 92.9 Å². The van der Waals surface area contributed by atoms with Crippen LogP contribution < -0.4 is 20.7 Å². The van der Waals surface area contributed by atoms with Crippen LogP contribution in [0.1, 0.15) is 175 Å². The summed E-state index contributed by atoms with van der Waals surface area (Å²) in [4.78, 5) is 57.0. The fourth-order valence-electron chi connectivity index (χ4n) is 12.3. The Morgan fingerprint density at radius 1 is 0.557 bits per heavy atom. The molecule has 0 heterocycles. The summed E-state index contributed by atoms with van der Waals surface area (Å²) < 4.78 is 26.1. The number of carbonyl (C=O) groups is 4. The van der Waals surface area contributed by atoms with Crippen molar-refractivity contribution in [1.29, 1.82) is 0 Å². The van der Waals surface area contributed by atoms with Crippen molar-refractivity contribution in [3.63, 3.8) is 0 Å². The van der Waals surface area contributed by atoms with Crippen LogP contribution in [0.4, 0.5) is 0 Å². The number of hydrogen-bond donors (Lipinski definition) is 0. The predicted molar refractivity (Wildman–Crippen MR) is 374 cm³/mol. The number of allylic oxidation sites excluding steroid dienone is 1. The van der Waals surface area contributed by atoms with E-state index in [1.807, 2.05) is 90.1 Å². The molecule has 0 bridgehead atoms. The maximum atomic E-state index is 13.4. The van der Waals surface area contributed by atoms with Crippen LogP contribution in [0.2, 0.25) is 10.1 Å². The summed E-state index contributed by atoms with van der Waals surface area (Å²) in [7, 11) is -2.50. The molecular formula is C74H107Br2NO9Si2. The second-order valence-electron chi connectivity index (χ2n) is 29.1. The van der Waals surface area contributed by atoms with E-state index in [1.165, 1.54) is 53.5 Å². The first kappa shape index (κ1) is 76.0. The fraction of sp³-hybridized carbons (Fsp3) is 0.568. The van der Waals surface area contributed by atoms with Crippen LogP contribution in [0, 0.1) is 59.2 Å². The van der Waals surface area contributed by atoms with Gasteiger partial charge in [0, 0.05) is 32.1 Å². The molecule has 88 heavy (non-hydrogen) atoms. The molecule has 484 valence electrons. The van der Waals surface area contributed by atoms with Gasteiger partial charge in [-0.15, -0.1) is 0 Å². The summed E-state index contributed by atoms with van der Waals surface area (Å²) in [5, 5.41) is 5.53. The van der Waals surface area contributed by atoms with Crippen molar-refractivity contribution < 1.29 is 42.3 Å². The van der Waals surface area contributed by atoms with Gasteiger partial charge in [0.2, 0.25) is 11.7 Å². The van der Waals surface area contributed by atoms with Gasteiger partial charge in [0.1, 0.15) is 11.2 Å². The standard InChI is InChI=1S/C36H50O4Si.C28H41NO5Si.C10H16Br2/c1-27(2)23-29-24-28(25-29)19-20-33(37)30(26-34(38)40-35(3,4)5)21-22-39-41(36(6,7)8,31-15-11-9-12-16-31)32-17-13-10-14-18-32;1-27(2,3)34-25(30)21-22(26(31)29(7)32-8)19-20-33-35(28(4,5)6,23-15-11-9-12-16-23)24-17-13-10-14-18-24;1-7(2)3-8-4-9(5-8)6-10(11)12/h9-18,27-30H,21-26H2,1-8H3;9-18,22H,19-21H2,1-8H3;6-9H,3-5H2,1-2H3. The van der Waals surface area contributed by atoms with Gasteiger partial charge >= 0.3 is 11.9 Å². The largest absolute Gasteiger partial charge is 0.460 e. The van der Waals surface area contributed by atoms with E-state index in [9.17, 15) is 19.2 Å². The lowest BCUT2D eigenvalue weighted by Crippen LogP contribution is -2.66. The number of carbonyl (C=O) groups excluding carboxylic acids is 4. The highest BCUT2D eigenvalue weighted by atomic mass is 79.9. The Morgan fingerprint density at radius 3 is 1.22 bits per heavy atom. The summed E-state index contributed by atoms with van der Waals surface area (Å²) in [5.74, 6) is 8.07. The molecule has 0 saturated heterocycles. The molecule has 0 aromatic heterocycles. The van der Waals surface area contributed by atoms with E-state index in [0.717, 1.165) is 39.1 Å². The van der Waals surface area contributed by atoms with E-state index >= 15 is 0 Å². The monoisotopic (exact) mass is 1370 g/mol. The molecule has 10 nitrogen and oxygen atoms in total. The second kappa shape index (κ2) is 34.8. The molecule has 2 fully saturated rings. The van der Waals surface area contributed by atoms with Crippen molar-refractivity contribution in [1.82, 2.24) is 5.06 Å². The van der Waals surface area contributed by atoms with Crippen molar-refractivity contribution in [3.8, 4) is 11.8 Å². The highest BCUT2D eigenvalue weighted by Crippen LogP contribution is 2.42. The van der Waals surface area contributed by atoms with Gasteiger partial charge in [0.15, 0.2) is 0 Å². The zero-order valence-electron chi connectivity index (χ0n) is 56.6. The Hall–Kier alpha value is -4.47. The predicted octanol–water partition coefficient (Wildman–Crippen LogP) is 16.0. The van der Waals surface area contributed by atoms with Gasteiger partial charge in [0.25, 0.3) is 16.6 Å². The summed E-state index contributed by atoms with van der Waals surface area (Å²) in [5.41, 5.74) is -1.23. The number of esters is 2.